The molecular weight excluding hydrogens is 352 g/mol. The molecule has 0 aromatic heterocycles. The van der Waals surface area contributed by atoms with Gasteiger partial charge in [0.05, 0.1) is 14.2 Å². The Labute approximate surface area is 167 Å². The molecule has 3 rings (SSSR count). The maximum atomic E-state index is 12.1. The normalized spacial score (nSPS) is 13.3. The third kappa shape index (κ3) is 5.06. The van der Waals surface area contributed by atoms with Gasteiger partial charge in [-0.15, -0.1) is 0 Å². The molecule has 148 valence electrons. The van der Waals surface area contributed by atoms with Gasteiger partial charge in [0.2, 0.25) is 5.91 Å². The molecule has 0 atom stereocenters. The van der Waals surface area contributed by atoms with Crippen LogP contribution in [0.5, 0.6) is 11.5 Å². The van der Waals surface area contributed by atoms with E-state index in [0.29, 0.717) is 18.0 Å². The van der Waals surface area contributed by atoms with Crippen molar-refractivity contribution < 1.29 is 14.3 Å². The fourth-order valence-corrected chi connectivity index (χ4v) is 3.51. The van der Waals surface area contributed by atoms with Crippen molar-refractivity contribution in [1.29, 1.82) is 0 Å². The summed E-state index contributed by atoms with van der Waals surface area (Å²) in [5.74, 6) is 1.23. The van der Waals surface area contributed by atoms with Crippen LogP contribution in [-0.4, -0.2) is 39.8 Å². The van der Waals surface area contributed by atoms with Crippen LogP contribution in [0.4, 0.5) is 5.69 Å². The molecule has 5 heteroatoms. The number of rotatable bonds is 8. The number of methoxy groups -OCH3 is 2. The third-order valence-electron chi connectivity index (χ3n) is 4.95. The molecule has 2 aromatic rings. The van der Waals surface area contributed by atoms with Gasteiger partial charge in [0.1, 0.15) is 0 Å². The van der Waals surface area contributed by atoms with E-state index in [9.17, 15) is 4.79 Å². The third-order valence-corrected chi connectivity index (χ3v) is 4.95. The minimum Gasteiger partial charge on any atom is -0.493 e. The number of hydrogen-bond donors (Lipinski definition) is 1. The van der Waals surface area contributed by atoms with Gasteiger partial charge in [-0.05, 0) is 54.7 Å². The predicted molar refractivity (Wildman–Crippen MR) is 113 cm³/mol. The highest BCUT2D eigenvalue weighted by molar-refractivity contribution is 5.91. The lowest BCUT2D eigenvalue weighted by Crippen LogP contribution is -2.32. The molecule has 0 unspecified atom stereocenters. The van der Waals surface area contributed by atoms with Gasteiger partial charge in [0, 0.05) is 31.4 Å². The highest BCUT2D eigenvalue weighted by atomic mass is 16.5. The van der Waals surface area contributed by atoms with Crippen molar-refractivity contribution in [3.8, 4) is 11.5 Å². The van der Waals surface area contributed by atoms with Crippen LogP contribution in [-0.2, 0) is 11.2 Å². The Morgan fingerprint density at radius 2 is 1.96 bits per heavy atom. The first kappa shape index (κ1) is 19.8. The lowest BCUT2D eigenvalue weighted by Gasteiger charge is -2.31. The minimum absolute atomic E-state index is 0.0890. The molecule has 2 aromatic carbocycles. The summed E-state index contributed by atoms with van der Waals surface area (Å²) >= 11 is 0. The molecule has 0 radical (unpaired) electrons. The fourth-order valence-electron chi connectivity index (χ4n) is 3.51. The van der Waals surface area contributed by atoms with Crippen LogP contribution in [0, 0.1) is 0 Å². The highest BCUT2D eigenvalue weighted by Gasteiger charge is 2.15. The van der Waals surface area contributed by atoms with Crippen LogP contribution < -0.4 is 19.7 Å². The molecule has 28 heavy (non-hydrogen) atoms. The lowest BCUT2D eigenvalue weighted by atomic mass is 10.0. The van der Waals surface area contributed by atoms with E-state index in [2.05, 4.69) is 34.5 Å². The molecule has 0 aliphatic carbocycles. The second kappa shape index (κ2) is 9.83. The van der Waals surface area contributed by atoms with E-state index in [4.69, 9.17) is 9.47 Å². The molecule has 1 heterocycles. The largest absolute Gasteiger partial charge is 0.493 e. The van der Waals surface area contributed by atoms with Gasteiger partial charge >= 0.3 is 0 Å². The van der Waals surface area contributed by atoms with Crippen LogP contribution >= 0.6 is 0 Å². The molecule has 5 nitrogen and oxygen atoms in total. The van der Waals surface area contributed by atoms with Crippen LogP contribution in [0.2, 0.25) is 0 Å². The Bertz CT molecular complexity index is 832. The summed E-state index contributed by atoms with van der Waals surface area (Å²) in [4.78, 5) is 14.5. The zero-order chi connectivity index (χ0) is 19.8. The smallest absolute Gasteiger partial charge is 0.244 e. The summed E-state index contributed by atoms with van der Waals surface area (Å²) in [6, 6.07) is 14.2. The van der Waals surface area contributed by atoms with Crippen molar-refractivity contribution in [3.63, 3.8) is 0 Å². The predicted octanol–water partition coefficient (Wildman–Crippen LogP) is 3.68. The van der Waals surface area contributed by atoms with E-state index in [-0.39, 0.29) is 5.91 Å². The van der Waals surface area contributed by atoms with Gasteiger partial charge in [0.25, 0.3) is 0 Å². The first-order chi connectivity index (χ1) is 13.7. The number of aryl methyl sites for hydroxylation is 1. The molecule has 0 saturated heterocycles. The second-order valence-corrected chi connectivity index (χ2v) is 6.81. The fraction of sp³-hybridized carbons (Fsp3) is 0.348. The summed E-state index contributed by atoms with van der Waals surface area (Å²) < 4.78 is 10.5. The average Bonchev–Trinajstić information content (AvgIpc) is 2.75. The number of para-hydroxylation sites is 1. The SMILES string of the molecule is COc1ccc(/C=C/C(=O)NCCCN2CCCc3ccccc32)cc1OC. The molecule has 0 fully saturated rings. The molecule has 0 bridgehead atoms. The van der Waals surface area contributed by atoms with E-state index < -0.39 is 0 Å². The Balaban J connectivity index is 1.45. The number of amides is 1. The molecule has 1 amide bonds. The Morgan fingerprint density at radius 3 is 2.79 bits per heavy atom. The van der Waals surface area contributed by atoms with Crippen LogP contribution in [0.25, 0.3) is 6.08 Å². The van der Waals surface area contributed by atoms with Gasteiger partial charge < -0.3 is 19.7 Å². The average molecular weight is 380 g/mol. The molecular formula is C23H28N2O3. The zero-order valence-electron chi connectivity index (χ0n) is 16.6. The maximum Gasteiger partial charge on any atom is 0.244 e. The summed E-state index contributed by atoms with van der Waals surface area (Å²) in [5.41, 5.74) is 3.65. The molecule has 1 N–H and O–H groups in total. The number of nitrogens with one attached hydrogen (secondary N) is 1. The van der Waals surface area contributed by atoms with Crippen molar-refractivity contribution in [2.75, 3.05) is 38.8 Å². The number of nitrogens with zero attached hydrogens (tertiary/aromatic N) is 1. The maximum absolute atomic E-state index is 12.1. The number of ether oxygens (including phenoxy) is 2. The highest BCUT2D eigenvalue weighted by Crippen LogP contribution is 2.28. The number of carbonyl (C=O) groups is 1. The van der Waals surface area contributed by atoms with E-state index in [0.717, 1.165) is 31.5 Å². The van der Waals surface area contributed by atoms with E-state index in [1.807, 2.05) is 18.2 Å². The Hall–Kier alpha value is -2.95. The number of fused-ring (bicyclic) bond motifs is 1. The quantitative estimate of drug-likeness (QED) is 0.561. The molecule has 1 aliphatic heterocycles. The van der Waals surface area contributed by atoms with Crippen LogP contribution in [0.3, 0.4) is 0 Å². The number of benzene rings is 2. The standard InChI is InChI=1S/C23H28N2O3/c1-27-21-12-10-18(17-22(21)28-2)11-13-23(26)24-14-6-16-25-15-5-8-19-7-3-4-9-20(19)25/h3-4,7,9-13,17H,5-6,8,14-16H2,1-2H3,(H,24,26)/b13-11+. The first-order valence-corrected chi connectivity index (χ1v) is 9.72. The summed E-state index contributed by atoms with van der Waals surface area (Å²) in [5, 5.41) is 2.96. The molecule has 0 saturated carbocycles. The monoisotopic (exact) mass is 380 g/mol. The summed E-state index contributed by atoms with van der Waals surface area (Å²) in [6.07, 6.45) is 6.60. The van der Waals surface area contributed by atoms with Gasteiger partial charge in [0.15, 0.2) is 11.5 Å². The molecule has 0 spiro atoms. The topological polar surface area (TPSA) is 50.8 Å². The van der Waals surface area contributed by atoms with Crippen LogP contribution in [0.15, 0.2) is 48.5 Å². The van der Waals surface area contributed by atoms with Crippen molar-refractivity contribution in [2.45, 2.75) is 19.3 Å². The van der Waals surface area contributed by atoms with E-state index in [1.54, 1.807) is 26.4 Å². The van der Waals surface area contributed by atoms with Crippen molar-refractivity contribution in [3.05, 3.63) is 59.7 Å². The second-order valence-electron chi connectivity index (χ2n) is 6.81. The van der Waals surface area contributed by atoms with E-state index in [1.165, 1.54) is 17.7 Å². The Morgan fingerprint density at radius 1 is 1.14 bits per heavy atom. The van der Waals surface area contributed by atoms with E-state index >= 15 is 0 Å². The van der Waals surface area contributed by atoms with Crippen molar-refractivity contribution >= 4 is 17.7 Å². The van der Waals surface area contributed by atoms with Gasteiger partial charge in [-0.3, -0.25) is 4.79 Å². The summed E-state index contributed by atoms with van der Waals surface area (Å²) in [7, 11) is 3.20. The first-order valence-electron chi connectivity index (χ1n) is 9.72. The minimum atomic E-state index is -0.0890. The summed E-state index contributed by atoms with van der Waals surface area (Å²) in [6.45, 7) is 2.70. The Kier molecular flexibility index (Phi) is 6.95. The number of hydrogen-bond acceptors (Lipinski definition) is 4. The van der Waals surface area contributed by atoms with Crippen molar-refractivity contribution in [2.24, 2.45) is 0 Å². The lowest BCUT2D eigenvalue weighted by molar-refractivity contribution is -0.116. The zero-order valence-corrected chi connectivity index (χ0v) is 16.6. The van der Waals surface area contributed by atoms with Gasteiger partial charge in [-0.2, -0.15) is 0 Å². The van der Waals surface area contributed by atoms with Gasteiger partial charge in [-0.1, -0.05) is 24.3 Å². The van der Waals surface area contributed by atoms with Crippen molar-refractivity contribution in [1.82, 2.24) is 5.32 Å². The number of carbonyl (C=O) groups excluding carboxylic acids is 1. The van der Waals surface area contributed by atoms with Crippen LogP contribution in [0.1, 0.15) is 24.0 Å². The van der Waals surface area contributed by atoms with Gasteiger partial charge in [-0.25, -0.2) is 0 Å². The molecule has 1 aliphatic rings. The number of anilines is 1.